The van der Waals surface area contributed by atoms with Gasteiger partial charge in [-0.3, -0.25) is 14.2 Å². The van der Waals surface area contributed by atoms with E-state index in [2.05, 4.69) is 17.2 Å². The zero-order valence-electron chi connectivity index (χ0n) is 18.1. The number of carbonyl (C=O) groups excluding carboxylic acids is 1. The number of nitrogens with zero attached hydrogens (tertiary/aromatic N) is 2. The number of anilines is 1. The Labute approximate surface area is 185 Å². The lowest BCUT2D eigenvalue weighted by molar-refractivity contribution is -0.116. The van der Waals surface area contributed by atoms with Gasteiger partial charge in [-0.15, -0.1) is 11.3 Å². The topological polar surface area (TPSA) is 82.4 Å². The fourth-order valence-electron chi connectivity index (χ4n) is 3.97. The Bertz CT molecular complexity index is 1170. The van der Waals surface area contributed by atoms with E-state index >= 15 is 0 Å². The van der Waals surface area contributed by atoms with Gasteiger partial charge in [-0.1, -0.05) is 6.92 Å². The summed E-state index contributed by atoms with van der Waals surface area (Å²) in [7, 11) is 0. The van der Waals surface area contributed by atoms with Crippen molar-refractivity contribution in [2.24, 2.45) is 5.92 Å². The van der Waals surface area contributed by atoms with E-state index in [0.29, 0.717) is 41.7 Å². The van der Waals surface area contributed by atoms with Gasteiger partial charge in [0.1, 0.15) is 22.9 Å². The number of benzene rings is 1. The number of nitrogens with one attached hydrogen (secondary N) is 1. The molecule has 1 aliphatic rings. The van der Waals surface area contributed by atoms with E-state index < -0.39 is 0 Å². The van der Waals surface area contributed by atoms with Crippen LogP contribution in [-0.4, -0.2) is 28.7 Å². The normalized spacial score (nSPS) is 15.5. The highest BCUT2D eigenvalue weighted by Crippen LogP contribution is 2.35. The van der Waals surface area contributed by atoms with Crippen LogP contribution in [0.4, 0.5) is 5.69 Å². The van der Waals surface area contributed by atoms with Crippen molar-refractivity contribution in [2.75, 3.05) is 18.5 Å². The molecule has 0 aliphatic heterocycles. The molecular formula is C23H27N3O4S. The molecule has 2 heterocycles. The van der Waals surface area contributed by atoms with E-state index in [1.165, 1.54) is 15.8 Å². The number of aromatic nitrogens is 2. The van der Waals surface area contributed by atoms with E-state index in [1.54, 1.807) is 29.5 Å². The Morgan fingerprint density at radius 3 is 2.87 bits per heavy atom. The largest absolute Gasteiger partial charge is 0.494 e. The zero-order chi connectivity index (χ0) is 22.0. The number of hydrogen-bond donors (Lipinski definition) is 1. The Kier molecular flexibility index (Phi) is 6.27. The molecule has 0 unspecified atom stereocenters. The van der Waals surface area contributed by atoms with Crippen molar-refractivity contribution in [3.8, 4) is 11.5 Å². The van der Waals surface area contributed by atoms with Gasteiger partial charge in [0.05, 0.1) is 30.6 Å². The average Bonchev–Trinajstić information content (AvgIpc) is 3.10. The predicted molar refractivity (Wildman–Crippen MR) is 122 cm³/mol. The molecule has 4 rings (SSSR count). The molecule has 0 saturated heterocycles. The maximum Gasteiger partial charge on any atom is 0.262 e. The minimum absolute atomic E-state index is 0.118. The summed E-state index contributed by atoms with van der Waals surface area (Å²) in [5.41, 5.74) is 1.48. The molecule has 8 heteroatoms. The molecule has 0 saturated carbocycles. The van der Waals surface area contributed by atoms with Gasteiger partial charge >= 0.3 is 0 Å². The highest BCUT2D eigenvalue weighted by Gasteiger charge is 2.23. The van der Waals surface area contributed by atoms with Crippen LogP contribution in [0.3, 0.4) is 0 Å². The van der Waals surface area contributed by atoms with Crippen molar-refractivity contribution in [1.82, 2.24) is 9.55 Å². The number of fused-ring (bicyclic) bond motifs is 3. The van der Waals surface area contributed by atoms with Crippen LogP contribution >= 0.6 is 11.3 Å². The second-order valence-corrected chi connectivity index (χ2v) is 8.87. The van der Waals surface area contributed by atoms with Crippen LogP contribution in [0.1, 0.15) is 37.6 Å². The summed E-state index contributed by atoms with van der Waals surface area (Å²) in [6.07, 6.45) is 4.43. The first-order valence-electron chi connectivity index (χ1n) is 10.7. The van der Waals surface area contributed by atoms with E-state index in [4.69, 9.17) is 9.47 Å². The van der Waals surface area contributed by atoms with Crippen LogP contribution in [0.25, 0.3) is 10.2 Å². The number of amides is 1. The van der Waals surface area contributed by atoms with Crippen molar-refractivity contribution in [2.45, 2.75) is 46.6 Å². The molecule has 1 aromatic carbocycles. The maximum atomic E-state index is 13.1. The molecule has 1 aliphatic carbocycles. The number of carbonyl (C=O) groups is 1. The van der Waals surface area contributed by atoms with Crippen LogP contribution in [-0.2, 0) is 24.2 Å². The number of aryl methyl sites for hydroxylation is 1. The Morgan fingerprint density at radius 2 is 2.10 bits per heavy atom. The van der Waals surface area contributed by atoms with Gasteiger partial charge in [0.15, 0.2) is 0 Å². The summed E-state index contributed by atoms with van der Waals surface area (Å²) < 4.78 is 12.5. The molecule has 31 heavy (non-hydrogen) atoms. The summed E-state index contributed by atoms with van der Waals surface area (Å²) in [6.45, 7) is 6.89. The van der Waals surface area contributed by atoms with Crippen molar-refractivity contribution in [1.29, 1.82) is 0 Å². The lowest BCUT2D eigenvalue weighted by Gasteiger charge is -2.17. The Balaban J connectivity index is 1.59. The van der Waals surface area contributed by atoms with Gasteiger partial charge in [-0.25, -0.2) is 4.98 Å². The van der Waals surface area contributed by atoms with Crippen LogP contribution in [0.5, 0.6) is 11.5 Å². The molecule has 1 atom stereocenters. The van der Waals surface area contributed by atoms with Crippen LogP contribution in [0.15, 0.2) is 29.3 Å². The number of hydrogen-bond acceptors (Lipinski definition) is 6. The van der Waals surface area contributed by atoms with Gasteiger partial charge in [0.25, 0.3) is 5.56 Å². The van der Waals surface area contributed by atoms with Crippen molar-refractivity contribution >= 4 is 33.1 Å². The fraction of sp³-hybridized carbons (Fsp3) is 0.435. The number of ether oxygens (including phenoxy) is 2. The van der Waals surface area contributed by atoms with E-state index in [1.807, 2.05) is 13.8 Å². The first-order valence-corrected chi connectivity index (χ1v) is 11.5. The molecule has 1 amide bonds. The summed E-state index contributed by atoms with van der Waals surface area (Å²) in [5, 5.41) is 3.53. The SMILES string of the molecule is CCOc1ccc(OCC)c(NC(=O)Cn2cnc3sc4c(c3c2=O)CC[C@H](C)C4)c1. The quantitative estimate of drug-likeness (QED) is 0.599. The molecule has 2 aromatic heterocycles. The summed E-state index contributed by atoms with van der Waals surface area (Å²) in [4.78, 5) is 32.4. The van der Waals surface area contributed by atoms with Gasteiger partial charge in [-0.2, -0.15) is 0 Å². The van der Waals surface area contributed by atoms with Crippen LogP contribution in [0.2, 0.25) is 0 Å². The molecule has 1 N–H and O–H groups in total. The third-order valence-corrected chi connectivity index (χ3v) is 6.59. The van der Waals surface area contributed by atoms with Gasteiger partial charge in [0.2, 0.25) is 5.91 Å². The van der Waals surface area contributed by atoms with Gasteiger partial charge < -0.3 is 14.8 Å². The number of rotatable bonds is 7. The summed E-state index contributed by atoms with van der Waals surface area (Å²) in [6, 6.07) is 5.29. The minimum Gasteiger partial charge on any atom is -0.494 e. The summed E-state index contributed by atoms with van der Waals surface area (Å²) >= 11 is 1.61. The lowest BCUT2D eigenvalue weighted by atomic mass is 9.89. The van der Waals surface area contributed by atoms with Crippen LogP contribution < -0.4 is 20.3 Å². The third kappa shape index (κ3) is 4.44. The van der Waals surface area contributed by atoms with Gasteiger partial charge in [-0.05, 0) is 56.7 Å². The molecule has 0 fully saturated rings. The first-order chi connectivity index (χ1) is 15.0. The zero-order valence-corrected chi connectivity index (χ0v) is 18.9. The molecular weight excluding hydrogens is 414 g/mol. The third-order valence-electron chi connectivity index (χ3n) is 5.43. The second kappa shape index (κ2) is 9.09. The first kappa shape index (κ1) is 21.4. The molecule has 0 radical (unpaired) electrons. The van der Waals surface area contributed by atoms with Gasteiger partial charge in [0, 0.05) is 10.9 Å². The molecule has 7 nitrogen and oxygen atoms in total. The monoisotopic (exact) mass is 441 g/mol. The smallest absolute Gasteiger partial charge is 0.262 e. The molecule has 3 aromatic rings. The highest BCUT2D eigenvalue weighted by molar-refractivity contribution is 7.18. The molecule has 0 bridgehead atoms. The van der Waals surface area contributed by atoms with E-state index in [9.17, 15) is 9.59 Å². The second-order valence-electron chi connectivity index (χ2n) is 7.78. The summed E-state index contributed by atoms with van der Waals surface area (Å²) in [5.74, 6) is 1.50. The Morgan fingerprint density at radius 1 is 1.29 bits per heavy atom. The highest BCUT2D eigenvalue weighted by atomic mass is 32.1. The molecule has 0 spiro atoms. The maximum absolute atomic E-state index is 13.1. The molecule has 164 valence electrons. The lowest BCUT2D eigenvalue weighted by Crippen LogP contribution is -2.28. The Hall–Kier alpha value is -2.87. The average molecular weight is 442 g/mol. The van der Waals surface area contributed by atoms with Crippen LogP contribution in [0, 0.1) is 5.92 Å². The number of thiophene rings is 1. The van der Waals surface area contributed by atoms with E-state index in [0.717, 1.165) is 29.7 Å². The standard InChI is InChI=1S/C23H27N3O4S/c1-4-29-15-7-9-18(30-5-2)17(11-15)25-20(27)12-26-13-24-22-21(23(26)28)16-8-6-14(3)10-19(16)31-22/h7,9,11,13-14H,4-6,8,10,12H2,1-3H3,(H,25,27)/t14-/m0/s1. The minimum atomic E-state index is -0.324. The van der Waals surface area contributed by atoms with E-state index in [-0.39, 0.29) is 18.0 Å². The van der Waals surface area contributed by atoms with Crippen molar-refractivity contribution < 1.29 is 14.3 Å². The van der Waals surface area contributed by atoms with Crippen molar-refractivity contribution in [3.63, 3.8) is 0 Å². The predicted octanol–water partition coefficient (Wildman–Crippen LogP) is 4.02. The van der Waals surface area contributed by atoms with Crippen molar-refractivity contribution in [3.05, 3.63) is 45.3 Å². The fourth-order valence-corrected chi connectivity index (χ4v) is 5.31.